The highest BCUT2D eigenvalue weighted by Crippen LogP contribution is 2.37. The minimum atomic E-state index is -0.693. The number of thiocarbonyl (C=S) groups is 1. The van der Waals surface area contributed by atoms with Crippen molar-refractivity contribution in [1.82, 2.24) is 10.2 Å². The van der Waals surface area contributed by atoms with E-state index in [1.807, 2.05) is 44.2 Å². The SMILES string of the molecule is CC1(C)SC(=S)N(Cc2ccccc2)C(=O)C1NC(=O)c1ccc(Cl)cc1. The number of carbonyl (C=O) groups excluding carboxylic acids is 2. The Kier molecular flexibility index (Phi) is 5.89. The van der Waals surface area contributed by atoms with Crippen molar-refractivity contribution in [3.05, 3.63) is 70.7 Å². The van der Waals surface area contributed by atoms with E-state index in [4.69, 9.17) is 23.8 Å². The molecule has 2 aromatic rings. The summed E-state index contributed by atoms with van der Waals surface area (Å²) in [5, 5.41) is 3.43. The van der Waals surface area contributed by atoms with Crippen LogP contribution in [0, 0.1) is 0 Å². The number of hydrogen-bond acceptors (Lipinski definition) is 4. The van der Waals surface area contributed by atoms with Crippen molar-refractivity contribution in [3.63, 3.8) is 0 Å². The predicted molar refractivity (Wildman–Crippen MR) is 114 cm³/mol. The second-order valence-corrected chi connectivity index (χ2v) is 9.52. The smallest absolute Gasteiger partial charge is 0.252 e. The molecule has 3 rings (SSSR count). The van der Waals surface area contributed by atoms with Gasteiger partial charge in [-0.25, -0.2) is 0 Å². The van der Waals surface area contributed by atoms with E-state index in [1.54, 1.807) is 29.2 Å². The van der Waals surface area contributed by atoms with E-state index in [9.17, 15) is 9.59 Å². The summed E-state index contributed by atoms with van der Waals surface area (Å²) < 4.78 is -0.0328. The third-order valence-electron chi connectivity index (χ3n) is 4.34. The van der Waals surface area contributed by atoms with E-state index in [0.29, 0.717) is 21.5 Å². The number of amides is 2. The molecule has 1 unspecified atom stereocenters. The first-order valence-corrected chi connectivity index (χ1v) is 10.0. The molecule has 4 nitrogen and oxygen atoms in total. The molecule has 0 aliphatic carbocycles. The topological polar surface area (TPSA) is 49.4 Å². The zero-order valence-corrected chi connectivity index (χ0v) is 17.3. The quantitative estimate of drug-likeness (QED) is 0.753. The normalized spacial score (nSPS) is 19.1. The minimum absolute atomic E-state index is 0.199. The lowest BCUT2D eigenvalue weighted by Crippen LogP contribution is -2.62. The van der Waals surface area contributed by atoms with Crippen molar-refractivity contribution in [2.45, 2.75) is 31.2 Å². The standard InChI is InChI=1S/C20H19ClN2O2S2/c1-20(2)16(22-17(24)14-8-10-15(21)11-9-14)18(25)23(19(26)27-20)12-13-6-4-3-5-7-13/h3-11,16H,12H2,1-2H3,(H,22,24). The van der Waals surface area contributed by atoms with Crippen molar-refractivity contribution >= 4 is 51.7 Å². The van der Waals surface area contributed by atoms with E-state index in [-0.39, 0.29) is 11.8 Å². The predicted octanol–water partition coefficient (Wildman–Crippen LogP) is 4.28. The summed E-state index contributed by atoms with van der Waals surface area (Å²) in [6.07, 6.45) is 0. The van der Waals surface area contributed by atoms with Crippen LogP contribution in [0.2, 0.25) is 5.02 Å². The largest absolute Gasteiger partial charge is 0.339 e. The van der Waals surface area contributed by atoms with Gasteiger partial charge in [-0.1, -0.05) is 65.9 Å². The van der Waals surface area contributed by atoms with Crippen LogP contribution in [0.25, 0.3) is 0 Å². The minimum Gasteiger partial charge on any atom is -0.339 e. The van der Waals surface area contributed by atoms with E-state index in [1.165, 1.54) is 11.8 Å². The van der Waals surface area contributed by atoms with Gasteiger partial charge < -0.3 is 5.32 Å². The molecule has 1 fully saturated rings. The maximum Gasteiger partial charge on any atom is 0.252 e. The molecule has 0 spiro atoms. The molecular weight excluding hydrogens is 400 g/mol. The van der Waals surface area contributed by atoms with Crippen molar-refractivity contribution in [2.24, 2.45) is 0 Å². The Hall–Kier alpha value is -1.89. The van der Waals surface area contributed by atoms with Crippen LogP contribution in [0.4, 0.5) is 0 Å². The molecule has 140 valence electrons. The number of nitrogens with one attached hydrogen (secondary N) is 1. The third kappa shape index (κ3) is 4.51. The summed E-state index contributed by atoms with van der Waals surface area (Å²) in [5.41, 5.74) is 1.44. The van der Waals surface area contributed by atoms with E-state index < -0.39 is 10.8 Å². The monoisotopic (exact) mass is 418 g/mol. The summed E-state index contributed by atoms with van der Waals surface area (Å²) in [5.74, 6) is -0.513. The summed E-state index contributed by atoms with van der Waals surface area (Å²) >= 11 is 12.8. The first-order chi connectivity index (χ1) is 12.8. The van der Waals surface area contributed by atoms with Crippen LogP contribution in [0.1, 0.15) is 29.8 Å². The van der Waals surface area contributed by atoms with Gasteiger partial charge in [0.15, 0.2) is 0 Å². The fourth-order valence-corrected chi connectivity index (χ4v) is 4.76. The Morgan fingerprint density at radius 3 is 2.44 bits per heavy atom. The lowest BCUT2D eigenvalue weighted by Gasteiger charge is -2.42. The van der Waals surface area contributed by atoms with Crippen LogP contribution < -0.4 is 5.32 Å². The zero-order chi connectivity index (χ0) is 19.6. The van der Waals surface area contributed by atoms with Gasteiger partial charge in [0.25, 0.3) is 11.8 Å². The Balaban J connectivity index is 1.81. The Bertz CT molecular complexity index is 869. The highest BCUT2D eigenvalue weighted by Gasteiger charge is 2.46. The Morgan fingerprint density at radius 1 is 1.19 bits per heavy atom. The van der Waals surface area contributed by atoms with Crippen molar-refractivity contribution in [1.29, 1.82) is 0 Å². The fraction of sp³-hybridized carbons (Fsp3) is 0.250. The molecule has 7 heteroatoms. The highest BCUT2D eigenvalue weighted by molar-refractivity contribution is 8.24. The lowest BCUT2D eigenvalue weighted by atomic mass is 10.00. The number of halogens is 1. The number of nitrogens with zero attached hydrogens (tertiary/aromatic N) is 1. The van der Waals surface area contributed by atoms with Gasteiger partial charge in [0.05, 0.1) is 6.54 Å². The molecule has 1 aliphatic heterocycles. The maximum absolute atomic E-state index is 13.2. The van der Waals surface area contributed by atoms with Crippen molar-refractivity contribution in [2.75, 3.05) is 0 Å². The number of benzene rings is 2. The van der Waals surface area contributed by atoms with E-state index in [2.05, 4.69) is 5.32 Å². The van der Waals surface area contributed by atoms with Crippen LogP contribution in [0.3, 0.4) is 0 Å². The van der Waals surface area contributed by atoms with Gasteiger partial charge in [0.2, 0.25) is 0 Å². The average Bonchev–Trinajstić information content (AvgIpc) is 2.63. The van der Waals surface area contributed by atoms with Crippen molar-refractivity contribution < 1.29 is 9.59 Å². The molecule has 1 atom stereocenters. The van der Waals surface area contributed by atoms with Gasteiger partial charge in [-0.2, -0.15) is 0 Å². The Labute approximate surface area is 173 Å². The Morgan fingerprint density at radius 2 is 1.81 bits per heavy atom. The third-order valence-corrected chi connectivity index (χ3v) is 6.22. The first kappa shape index (κ1) is 19.9. The fourth-order valence-electron chi connectivity index (χ4n) is 2.84. The van der Waals surface area contributed by atoms with Gasteiger partial charge in [0.1, 0.15) is 10.4 Å². The maximum atomic E-state index is 13.2. The summed E-state index contributed by atoms with van der Waals surface area (Å²) in [6.45, 7) is 4.21. The van der Waals surface area contributed by atoms with Gasteiger partial charge >= 0.3 is 0 Å². The van der Waals surface area contributed by atoms with Crippen LogP contribution >= 0.6 is 35.6 Å². The molecule has 0 bridgehead atoms. The lowest BCUT2D eigenvalue weighted by molar-refractivity contribution is -0.130. The molecule has 0 saturated carbocycles. The second kappa shape index (κ2) is 8.00. The molecule has 0 radical (unpaired) electrons. The van der Waals surface area contributed by atoms with Crippen LogP contribution in [-0.4, -0.2) is 31.8 Å². The van der Waals surface area contributed by atoms with Crippen molar-refractivity contribution in [3.8, 4) is 0 Å². The molecular formula is C20H19ClN2O2S2. The first-order valence-electron chi connectivity index (χ1n) is 8.42. The molecule has 1 N–H and O–H groups in total. The number of thioether (sulfide) groups is 1. The zero-order valence-electron chi connectivity index (χ0n) is 14.9. The average molecular weight is 419 g/mol. The summed E-state index contributed by atoms with van der Waals surface area (Å²) in [4.78, 5) is 27.4. The molecule has 1 aliphatic rings. The van der Waals surface area contributed by atoms with Crippen LogP contribution in [-0.2, 0) is 11.3 Å². The molecule has 0 aromatic heterocycles. The van der Waals surface area contributed by atoms with Gasteiger partial charge in [-0.15, -0.1) is 0 Å². The molecule has 2 amide bonds. The van der Waals surface area contributed by atoms with Crippen LogP contribution in [0.15, 0.2) is 54.6 Å². The molecule has 2 aromatic carbocycles. The molecule has 1 saturated heterocycles. The van der Waals surface area contributed by atoms with Gasteiger partial charge in [-0.05, 0) is 43.7 Å². The van der Waals surface area contributed by atoms with Gasteiger partial charge in [0, 0.05) is 15.3 Å². The number of carbonyl (C=O) groups is 2. The number of rotatable bonds is 4. The van der Waals surface area contributed by atoms with Crippen LogP contribution in [0.5, 0.6) is 0 Å². The summed E-state index contributed by atoms with van der Waals surface area (Å²) in [6, 6.07) is 15.5. The van der Waals surface area contributed by atoms with E-state index >= 15 is 0 Å². The molecule has 1 heterocycles. The van der Waals surface area contributed by atoms with Gasteiger partial charge in [-0.3, -0.25) is 14.5 Å². The number of hydrogen-bond donors (Lipinski definition) is 1. The van der Waals surface area contributed by atoms with E-state index in [0.717, 1.165) is 5.56 Å². The summed E-state index contributed by atoms with van der Waals surface area (Å²) in [7, 11) is 0. The molecule has 27 heavy (non-hydrogen) atoms. The second-order valence-electron chi connectivity index (χ2n) is 6.79. The highest BCUT2D eigenvalue weighted by atomic mass is 35.5.